The van der Waals surface area contributed by atoms with Gasteiger partial charge >= 0.3 is 0 Å². The molecule has 1 aromatic carbocycles. The van der Waals surface area contributed by atoms with Gasteiger partial charge in [-0.15, -0.1) is 0 Å². The second kappa shape index (κ2) is 9.12. The van der Waals surface area contributed by atoms with Gasteiger partial charge in [-0.25, -0.2) is 9.67 Å². The lowest BCUT2D eigenvalue weighted by Gasteiger charge is -2.32. The number of carbonyl (C=O) groups excluding carboxylic acids is 2. The standard InChI is InChI=1S/C19H25N5O2/c25-18(13-24-15-20-14-22-24)21-12-19(26)23-10-8-17(9-11-23)7-6-16-4-2-1-3-5-16/h1-5,14-15,17H,6-13H2,(H,21,25). The fraction of sp³-hybridized carbons (Fsp3) is 0.474. The molecule has 1 aromatic heterocycles. The van der Waals surface area contributed by atoms with Gasteiger partial charge in [0.1, 0.15) is 19.2 Å². The van der Waals surface area contributed by atoms with Gasteiger partial charge in [0.25, 0.3) is 0 Å². The van der Waals surface area contributed by atoms with Crippen molar-refractivity contribution in [2.24, 2.45) is 5.92 Å². The van der Waals surface area contributed by atoms with Gasteiger partial charge in [0, 0.05) is 13.1 Å². The minimum atomic E-state index is -0.235. The molecule has 1 aliphatic heterocycles. The number of piperidine rings is 1. The molecule has 0 saturated carbocycles. The Labute approximate surface area is 153 Å². The Morgan fingerprint density at radius 3 is 2.62 bits per heavy atom. The lowest BCUT2D eigenvalue weighted by Crippen LogP contribution is -2.44. The van der Waals surface area contributed by atoms with Crippen LogP contribution in [0.1, 0.15) is 24.8 Å². The molecule has 1 fully saturated rings. The maximum atomic E-state index is 12.3. The normalized spacial score (nSPS) is 15.0. The van der Waals surface area contributed by atoms with E-state index in [0.717, 1.165) is 32.4 Å². The number of amides is 2. The number of rotatable bonds is 7. The van der Waals surface area contributed by atoms with Crippen LogP contribution in [0, 0.1) is 5.92 Å². The molecule has 7 nitrogen and oxygen atoms in total. The smallest absolute Gasteiger partial charge is 0.242 e. The van der Waals surface area contributed by atoms with Crippen LogP contribution in [0.3, 0.4) is 0 Å². The number of hydrogen-bond acceptors (Lipinski definition) is 4. The molecule has 0 spiro atoms. The Kier molecular flexibility index (Phi) is 6.35. The van der Waals surface area contributed by atoms with Crippen molar-refractivity contribution in [3.05, 3.63) is 48.5 Å². The van der Waals surface area contributed by atoms with Crippen molar-refractivity contribution in [3.8, 4) is 0 Å². The number of hydrogen-bond donors (Lipinski definition) is 1. The average molecular weight is 355 g/mol. The number of nitrogens with zero attached hydrogens (tertiary/aromatic N) is 4. The lowest BCUT2D eigenvalue weighted by atomic mass is 9.90. The van der Waals surface area contributed by atoms with Gasteiger partial charge in [-0.3, -0.25) is 9.59 Å². The van der Waals surface area contributed by atoms with Crippen molar-refractivity contribution in [1.29, 1.82) is 0 Å². The fourth-order valence-electron chi connectivity index (χ4n) is 3.29. The topological polar surface area (TPSA) is 80.1 Å². The zero-order chi connectivity index (χ0) is 18.2. The molecule has 0 aliphatic carbocycles. The Morgan fingerprint density at radius 2 is 1.92 bits per heavy atom. The predicted molar refractivity (Wildman–Crippen MR) is 97.1 cm³/mol. The molecule has 2 aromatic rings. The van der Waals surface area contributed by atoms with Crippen LogP contribution in [-0.4, -0.2) is 51.1 Å². The van der Waals surface area contributed by atoms with Crippen LogP contribution in [0.4, 0.5) is 0 Å². The first-order valence-corrected chi connectivity index (χ1v) is 9.11. The molecule has 0 unspecified atom stereocenters. The third-order valence-electron chi connectivity index (χ3n) is 4.86. The molecule has 1 saturated heterocycles. The zero-order valence-electron chi connectivity index (χ0n) is 14.9. The van der Waals surface area contributed by atoms with Gasteiger partial charge < -0.3 is 10.2 Å². The van der Waals surface area contributed by atoms with E-state index in [0.29, 0.717) is 5.92 Å². The second-order valence-corrected chi connectivity index (χ2v) is 6.72. The van der Waals surface area contributed by atoms with Crippen LogP contribution < -0.4 is 5.32 Å². The summed E-state index contributed by atoms with van der Waals surface area (Å²) in [6, 6.07) is 10.5. The van der Waals surface area contributed by atoms with Crippen molar-refractivity contribution >= 4 is 11.8 Å². The molecule has 138 valence electrons. The minimum absolute atomic E-state index is 0.0153. The summed E-state index contributed by atoms with van der Waals surface area (Å²) in [5.74, 6) is 0.418. The van der Waals surface area contributed by atoms with Crippen LogP contribution >= 0.6 is 0 Å². The van der Waals surface area contributed by atoms with E-state index in [2.05, 4.69) is 39.7 Å². The second-order valence-electron chi connectivity index (χ2n) is 6.72. The number of benzene rings is 1. The molecule has 2 amide bonds. The van der Waals surface area contributed by atoms with Crippen molar-refractivity contribution in [3.63, 3.8) is 0 Å². The maximum absolute atomic E-state index is 12.3. The number of nitrogens with one attached hydrogen (secondary N) is 1. The zero-order valence-corrected chi connectivity index (χ0v) is 14.9. The molecule has 1 N–H and O–H groups in total. The van der Waals surface area contributed by atoms with E-state index in [1.165, 1.54) is 29.3 Å². The Balaban J connectivity index is 1.33. The molecular formula is C19H25N5O2. The molecule has 7 heteroatoms. The van der Waals surface area contributed by atoms with E-state index in [4.69, 9.17) is 0 Å². The summed E-state index contributed by atoms with van der Waals surface area (Å²) < 4.78 is 1.43. The highest BCUT2D eigenvalue weighted by atomic mass is 16.2. The van der Waals surface area contributed by atoms with E-state index in [9.17, 15) is 9.59 Å². The number of likely N-dealkylation sites (tertiary alicyclic amines) is 1. The molecule has 0 radical (unpaired) electrons. The Hall–Kier alpha value is -2.70. The van der Waals surface area contributed by atoms with Crippen LogP contribution in [0.5, 0.6) is 0 Å². The molecule has 0 bridgehead atoms. The largest absolute Gasteiger partial charge is 0.345 e. The highest BCUT2D eigenvalue weighted by Gasteiger charge is 2.22. The maximum Gasteiger partial charge on any atom is 0.242 e. The first-order chi connectivity index (χ1) is 12.7. The van der Waals surface area contributed by atoms with E-state index in [1.54, 1.807) is 0 Å². The van der Waals surface area contributed by atoms with Gasteiger partial charge in [0.15, 0.2) is 0 Å². The fourth-order valence-corrected chi connectivity index (χ4v) is 3.29. The summed E-state index contributed by atoms with van der Waals surface area (Å²) in [4.78, 5) is 29.7. The van der Waals surface area contributed by atoms with Crippen LogP contribution in [-0.2, 0) is 22.6 Å². The van der Waals surface area contributed by atoms with Gasteiger partial charge in [-0.2, -0.15) is 5.10 Å². The highest BCUT2D eigenvalue weighted by molar-refractivity contribution is 5.84. The quantitative estimate of drug-likeness (QED) is 0.811. The van der Waals surface area contributed by atoms with E-state index in [-0.39, 0.29) is 24.9 Å². The van der Waals surface area contributed by atoms with E-state index in [1.807, 2.05) is 11.0 Å². The molecule has 0 atom stereocenters. The third-order valence-corrected chi connectivity index (χ3v) is 4.86. The van der Waals surface area contributed by atoms with Gasteiger partial charge in [-0.05, 0) is 37.2 Å². The highest BCUT2D eigenvalue weighted by Crippen LogP contribution is 2.22. The number of aryl methyl sites for hydroxylation is 1. The van der Waals surface area contributed by atoms with E-state index < -0.39 is 0 Å². The summed E-state index contributed by atoms with van der Waals surface area (Å²) in [5.41, 5.74) is 1.38. The average Bonchev–Trinajstić information content (AvgIpc) is 3.18. The van der Waals surface area contributed by atoms with Crippen molar-refractivity contribution in [1.82, 2.24) is 25.0 Å². The SMILES string of the molecule is O=C(Cn1cncn1)NCC(=O)N1CCC(CCc2ccccc2)CC1. The van der Waals surface area contributed by atoms with Crippen LogP contribution in [0.25, 0.3) is 0 Å². The third kappa shape index (κ3) is 5.40. The van der Waals surface area contributed by atoms with Crippen LogP contribution in [0.2, 0.25) is 0 Å². The van der Waals surface area contributed by atoms with Crippen molar-refractivity contribution < 1.29 is 9.59 Å². The molecule has 3 rings (SSSR count). The first-order valence-electron chi connectivity index (χ1n) is 9.11. The van der Waals surface area contributed by atoms with E-state index >= 15 is 0 Å². The number of aromatic nitrogens is 3. The Bertz CT molecular complexity index is 694. The summed E-state index contributed by atoms with van der Waals surface area (Å²) in [5, 5.41) is 6.53. The van der Waals surface area contributed by atoms with Crippen molar-refractivity contribution in [2.75, 3.05) is 19.6 Å². The van der Waals surface area contributed by atoms with Crippen LogP contribution in [0.15, 0.2) is 43.0 Å². The first kappa shape index (κ1) is 18.1. The molecular weight excluding hydrogens is 330 g/mol. The number of carbonyl (C=O) groups is 2. The summed E-state index contributed by atoms with van der Waals surface area (Å²) in [7, 11) is 0. The summed E-state index contributed by atoms with van der Waals surface area (Å²) in [6.07, 6.45) is 7.18. The van der Waals surface area contributed by atoms with Gasteiger partial charge in [0.05, 0.1) is 6.54 Å². The molecule has 2 heterocycles. The van der Waals surface area contributed by atoms with Gasteiger partial charge in [-0.1, -0.05) is 30.3 Å². The van der Waals surface area contributed by atoms with Gasteiger partial charge in [0.2, 0.25) is 11.8 Å². The molecule has 26 heavy (non-hydrogen) atoms. The monoisotopic (exact) mass is 355 g/mol. The summed E-state index contributed by atoms with van der Waals surface area (Å²) in [6.45, 7) is 1.67. The molecule has 1 aliphatic rings. The minimum Gasteiger partial charge on any atom is -0.345 e. The lowest BCUT2D eigenvalue weighted by molar-refractivity contribution is -0.134. The Morgan fingerprint density at radius 1 is 1.15 bits per heavy atom. The van der Waals surface area contributed by atoms with Crippen molar-refractivity contribution in [2.45, 2.75) is 32.2 Å². The predicted octanol–water partition coefficient (Wildman–Crippen LogP) is 1.27. The summed E-state index contributed by atoms with van der Waals surface area (Å²) >= 11 is 0.